The molecular weight excluding hydrogens is 515 g/mol. The van der Waals surface area contributed by atoms with Crippen molar-refractivity contribution in [1.82, 2.24) is 15.1 Å². The predicted octanol–water partition coefficient (Wildman–Crippen LogP) is 6.78. The summed E-state index contributed by atoms with van der Waals surface area (Å²) < 4.78 is 44.7. The van der Waals surface area contributed by atoms with Crippen LogP contribution < -0.4 is 10.1 Å². The van der Waals surface area contributed by atoms with Gasteiger partial charge in [-0.25, -0.2) is 0 Å². The van der Waals surface area contributed by atoms with Crippen LogP contribution in [0.25, 0.3) is 0 Å². The van der Waals surface area contributed by atoms with Gasteiger partial charge in [0.1, 0.15) is 5.75 Å². The fourth-order valence-electron chi connectivity index (χ4n) is 5.94. The smallest absolute Gasteiger partial charge is 0.416 e. The van der Waals surface area contributed by atoms with Gasteiger partial charge >= 0.3 is 6.18 Å². The van der Waals surface area contributed by atoms with Gasteiger partial charge in [0.2, 0.25) is 0 Å². The lowest BCUT2D eigenvalue weighted by atomic mass is 9.87. The lowest BCUT2D eigenvalue weighted by molar-refractivity contribution is -0.137. The van der Waals surface area contributed by atoms with Crippen molar-refractivity contribution in [1.29, 1.82) is 0 Å². The van der Waals surface area contributed by atoms with Crippen LogP contribution in [0.2, 0.25) is 0 Å². The third-order valence-electron chi connectivity index (χ3n) is 8.87. The van der Waals surface area contributed by atoms with Gasteiger partial charge in [-0.1, -0.05) is 13.0 Å². The first-order valence-electron chi connectivity index (χ1n) is 14.7. The number of nitrogens with one attached hydrogen (secondary N) is 1. The summed E-state index contributed by atoms with van der Waals surface area (Å²) in [6.45, 7) is 13.0. The molecule has 0 spiro atoms. The zero-order valence-electron chi connectivity index (χ0n) is 24.3. The minimum absolute atomic E-state index is 0.179. The average molecular weight is 560 g/mol. The Labute approximate surface area is 237 Å². The summed E-state index contributed by atoms with van der Waals surface area (Å²) in [6, 6.07) is 9.55. The highest BCUT2D eigenvalue weighted by Gasteiger charge is 2.31. The van der Waals surface area contributed by atoms with Crippen molar-refractivity contribution in [2.24, 2.45) is 5.92 Å². The lowest BCUT2D eigenvalue weighted by Crippen LogP contribution is -2.49. The second-order valence-corrected chi connectivity index (χ2v) is 11.6. The highest BCUT2D eigenvalue weighted by Crippen LogP contribution is 2.32. The summed E-state index contributed by atoms with van der Waals surface area (Å²) >= 11 is 0. The molecule has 0 aromatic heterocycles. The number of halogens is 3. The van der Waals surface area contributed by atoms with Gasteiger partial charge in [0.15, 0.2) is 0 Å². The summed E-state index contributed by atoms with van der Waals surface area (Å²) in [5.41, 5.74) is 3.18. The van der Waals surface area contributed by atoms with E-state index in [4.69, 9.17) is 4.74 Å². The summed E-state index contributed by atoms with van der Waals surface area (Å²) in [6.07, 6.45) is 1.80. The number of carbonyl (C=O) groups excluding carboxylic acids is 1. The number of hydrogen-bond acceptors (Lipinski definition) is 4. The number of carbonyl (C=O) groups is 1. The number of piperazine rings is 1. The van der Waals surface area contributed by atoms with E-state index >= 15 is 0 Å². The van der Waals surface area contributed by atoms with E-state index < -0.39 is 11.7 Å². The molecule has 1 N–H and O–H groups in total. The van der Waals surface area contributed by atoms with Gasteiger partial charge in [-0.05, 0) is 112 Å². The summed E-state index contributed by atoms with van der Waals surface area (Å²) in [5, 5.41) is 3.69. The normalized spacial score (nSPS) is 21.3. The fraction of sp³-hybridized carbons (Fsp3) is 0.594. The van der Waals surface area contributed by atoms with Crippen LogP contribution in [0.4, 0.5) is 13.2 Å². The number of hydrogen-bond donors (Lipinski definition) is 1. The van der Waals surface area contributed by atoms with Crippen molar-refractivity contribution < 1.29 is 22.7 Å². The van der Waals surface area contributed by atoms with Crippen molar-refractivity contribution in [3.05, 3.63) is 64.2 Å². The Kier molecular flexibility index (Phi) is 10.2. The molecule has 1 aliphatic carbocycles. The van der Waals surface area contributed by atoms with E-state index in [1.165, 1.54) is 48.9 Å². The van der Waals surface area contributed by atoms with Crippen molar-refractivity contribution in [2.45, 2.75) is 78.1 Å². The van der Waals surface area contributed by atoms with Crippen LogP contribution >= 0.6 is 0 Å². The van der Waals surface area contributed by atoms with Gasteiger partial charge in [-0.15, -0.1) is 0 Å². The molecule has 220 valence electrons. The standard InChI is InChI=1S/C32H44F3N3O2/c1-22-6-12-28(13-7-22)36-16-5-21-40-30-15-14-29(23(2)24(30)3)25(4)37-17-19-38(20-18-37)31(39)26-8-10-27(11-9-26)32(33,34)35/h8-11,14-15,22,25,28,36H,5-7,12-13,16-21H2,1-4H3. The molecule has 1 aliphatic heterocycles. The molecule has 5 nitrogen and oxygen atoms in total. The molecule has 2 aromatic rings. The number of ether oxygens (including phenoxy) is 1. The van der Waals surface area contributed by atoms with Crippen LogP contribution in [-0.2, 0) is 6.18 Å². The second kappa shape index (κ2) is 13.4. The number of rotatable bonds is 9. The number of amides is 1. The third kappa shape index (κ3) is 7.58. The molecule has 0 radical (unpaired) electrons. The van der Waals surface area contributed by atoms with E-state index in [0.29, 0.717) is 38.8 Å². The molecule has 1 heterocycles. The van der Waals surface area contributed by atoms with E-state index in [1.54, 1.807) is 4.90 Å². The van der Waals surface area contributed by atoms with E-state index in [1.807, 2.05) is 0 Å². The Morgan fingerprint density at radius 1 is 0.975 bits per heavy atom. The second-order valence-electron chi connectivity index (χ2n) is 11.6. The summed E-state index contributed by atoms with van der Waals surface area (Å²) in [7, 11) is 0. The van der Waals surface area contributed by atoms with Gasteiger partial charge in [-0.3, -0.25) is 9.69 Å². The minimum atomic E-state index is -4.41. The van der Waals surface area contributed by atoms with Crippen LogP contribution in [0.5, 0.6) is 5.75 Å². The monoisotopic (exact) mass is 559 g/mol. The Morgan fingerprint density at radius 2 is 1.62 bits per heavy atom. The first-order valence-corrected chi connectivity index (χ1v) is 14.7. The Hall–Kier alpha value is -2.58. The summed E-state index contributed by atoms with van der Waals surface area (Å²) in [4.78, 5) is 17.0. The average Bonchev–Trinajstić information content (AvgIpc) is 2.95. The van der Waals surface area contributed by atoms with Gasteiger partial charge in [0.05, 0.1) is 12.2 Å². The number of alkyl halides is 3. The van der Waals surface area contributed by atoms with E-state index in [-0.39, 0.29) is 17.5 Å². The molecule has 0 bridgehead atoms. The molecule has 1 saturated heterocycles. The molecule has 1 saturated carbocycles. The highest BCUT2D eigenvalue weighted by atomic mass is 19.4. The maximum Gasteiger partial charge on any atom is 0.416 e. The van der Waals surface area contributed by atoms with Crippen molar-refractivity contribution in [2.75, 3.05) is 39.3 Å². The molecule has 1 atom stereocenters. The highest BCUT2D eigenvalue weighted by molar-refractivity contribution is 5.94. The predicted molar refractivity (Wildman–Crippen MR) is 153 cm³/mol. The van der Waals surface area contributed by atoms with Crippen molar-refractivity contribution in [3.63, 3.8) is 0 Å². The molecule has 2 aliphatic rings. The molecule has 40 heavy (non-hydrogen) atoms. The van der Waals surface area contributed by atoms with Crippen LogP contribution in [-0.4, -0.2) is 61.1 Å². The zero-order valence-corrected chi connectivity index (χ0v) is 24.3. The van der Waals surface area contributed by atoms with Crippen LogP contribution in [0.3, 0.4) is 0 Å². The topological polar surface area (TPSA) is 44.8 Å². The molecular formula is C32H44F3N3O2. The largest absolute Gasteiger partial charge is 0.493 e. The van der Waals surface area contributed by atoms with E-state index in [0.717, 1.165) is 42.3 Å². The first-order chi connectivity index (χ1) is 19.0. The lowest BCUT2D eigenvalue weighted by Gasteiger charge is -2.39. The Balaban J connectivity index is 1.25. The van der Waals surface area contributed by atoms with Gasteiger partial charge < -0.3 is 15.0 Å². The quantitative estimate of drug-likeness (QED) is 0.344. The summed E-state index contributed by atoms with van der Waals surface area (Å²) in [5.74, 6) is 1.58. The molecule has 1 unspecified atom stereocenters. The minimum Gasteiger partial charge on any atom is -0.493 e. The zero-order chi connectivity index (χ0) is 28.9. The number of nitrogens with zero attached hydrogens (tertiary/aromatic N) is 2. The van der Waals surface area contributed by atoms with Crippen molar-refractivity contribution >= 4 is 5.91 Å². The van der Waals surface area contributed by atoms with Gasteiger partial charge in [0.25, 0.3) is 5.91 Å². The van der Waals surface area contributed by atoms with Crippen LogP contribution in [0.1, 0.15) is 84.6 Å². The molecule has 1 amide bonds. The maximum absolute atomic E-state index is 12.9. The maximum atomic E-state index is 12.9. The van der Waals surface area contributed by atoms with Crippen molar-refractivity contribution in [3.8, 4) is 5.75 Å². The Morgan fingerprint density at radius 3 is 2.25 bits per heavy atom. The molecule has 2 fully saturated rings. The van der Waals surface area contributed by atoms with Crippen LogP contribution in [0.15, 0.2) is 36.4 Å². The molecule has 4 rings (SSSR count). The van der Waals surface area contributed by atoms with Crippen LogP contribution in [0, 0.1) is 19.8 Å². The molecule has 8 heteroatoms. The van der Waals surface area contributed by atoms with Gasteiger partial charge in [0, 0.05) is 43.8 Å². The van der Waals surface area contributed by atoms with E-state index in [9.17, 15) is 18.0 Å². The third-order valence-corrected chi connectivity index (χ3v) is 8.87. The fourth-order valence-corrected chi connectivity index (χ4v) is 5.94. The van der Waals surface area contributed by atoms with E-state index in [2.05, 4.69) is 50.0 Å². The Bertz CT molecular complexity index is 1120. The van der Waals surface area contributed by atoms with Gasteiger partial charge in [-0.2, -0.15) is 13.2 Å². The first kappa shape index (κ1) is 30.4. The molecule has 2 aromatic carbocycles. The number of benzene rings is 2. The SMILES string of the molecule is Cc1c(OCCCNC2CCC(C)CC2)ccc(C(C)N2CCN(C(=O)c3ccc(C(F)(F)F)cc3)CC2)c1C.